The van der Waals surface area contributed by atoms with Gasteiger partial charge in [-0.05, 0) is 63.5 Å². The van der Waals surface area contributed by atoms with Gasteiger partial charge in [0.2, 0.25) is 11.7 Å². The summed E-state index contributed by atoms with van der Waals surface area (Å²) in [5.41, 5.74) is 3.16. The molecule has 0 aliphatic carbocycles. The molecule has 8 nitrogen and oxygen atoms in total. The van der Waals surface area contributed by atoms with E-state index >= 15 is 0 Å². The van der Waals surface area contributed by atoms with Gasteiger partial charge in [0.15, 0.2) is 9.84 Å². The van der Waals surface area contributed by atoms with Crippen LogP contribution in [0.15, 0.2) is 22.6 Å². The number of carbonyl (C=O) groups is 1. The molecule has 1 aromatic carbocycles. The van der Waals surface area contributed by atoms with Crippen LogP contribution in [0.25, 0.3) is 5.57 Å². The molecule has 30 heavy (non-hydrogen) atoms. The maximum Gasteiger partial charge on any atom is 0.307 e. The second-order valence-corrected chi connectivity index (χ2v) is 11.1. The number of allylic oxidation sites excluding steroid dienone is 2. The maximum atomic E-state index is 13.4. The molecule has 0 amide bonds. The van der Waals surface area contributed by atoms with Crippen molar-refractivity contribution in [3.8, 4) is 5.88 Å². The smallest absolute Gasteiger partial charge is 0.307 e. The highest BCUT2D eigenvalue weighted by atomic mass is 32.2. The van der Waals surface area contributed by atoms with Crippen molar-refractivity contribution in [3.63, 3.8) is 0 Å². The lowest BCUT2D eigenvalue weighted by Crippen LogP contribution is -2.14. The highest BCUT2D eigenvalue weighted by Gasteiger charge is 2.28. The Hall–Kier alpha value is -2.46. The number of nitrogens with zero attached hydrogens (tertiary/aromatic N) is 2. The number of hydrogen-bond acceptors (Lipinski definition) is 7. The maximum absolute atomic E-state index is 13.4. The number of aryl methyl sites for hydroxylation is 2. The molecular weight excluding hydrogens is 428 g/mol. The average molecular weight is 455 g/mol. The molecule has 0 saturated heterocycles. The van der Waals surface area contributed by atoms with E-state index in [1.54, 1.807) is 20.8 Å². The van der Waals surface area contributed by atoms with E-state index in [-0.39, 0.29) is 21.9 Å². The van der Waals surface area contributed by atoms with E-state index in [0.717, 1.165) is 23.7 Å². The monoisotopic (exact) mass is 454 g/mol. The lowest BCUT2D eigenvalue weighted by Gasteiger charge is -2.17. The van der Waals surface area contributed by atoms with Crippen LogP contribution in [-0.2, 0) is 27.0 Å². The standard InChI is InChI=1S/C20H26N2O6S2/c1-11(2)12(3)17-13(4)15(9-10-16(17)29(7,24)25)19(23)18-14(5)21-22(6)20(18)28-30(8,26)27/h9-10H,1-8H3. The molecule has 0 N–H and O–H groups in total. The third-order valence-electron chi connectivity index (χ3n) is 4.82. The van der Waals surface area contributed by atoms with Crippen LogP contribution in [0.3, 0.4) is 0 Å². The predicted octanol–water partition coefficient (Wildman–Crippen LogP) is 2.82. The first-order valence-electron chi connectivity index (χ1n) is 9.02. The Bertz CT molecular complexity index is 1280. The summed E-state index contributed by atoms with van der Waals surface area (Å²) in [4.78, 5) is 13.6. The molecule has 0 aliphatic heterocycles. The van der Waals surface area contributed by atoms with Crippen molar-refractivity contribution in [1.82, 2.24) is 9.78 Å². The van der Waals surface area contributed by atoms with Crippen LogP contribution in [0, 0.1) is 13.8 Å². The van der Waals surface area contributed by atoms with E-state index < -0.39 is 25.7 Å². The van der Waals surface area contributed by atoms with Crippen molar-refractivity contribution >= 4 is 31.3 Å². The number of sulfone groups is 1. The summed E-state index contributed by atoms with van der Waals surface area (Å²) in [7, 11) is -5.96. The Balaban J connectivity index is 2.84. The zero-order chi connectivity index (χ0) is 23.2. The zero-order valence-electron chi connectivity index (χ0n) is 18.3. The van der Waals surface area contributed by atoms with Gasteiger partial charge in [0.1, 0.15) is 5.56 Å². The summed E-state index contributed by atoms with van der Waals surface area (Å²) in [6.07, 6.45) is 2.00. The molecule has 0 spiro atoms. The Morgan fingerprint density at radius 1 is 1.00 bits per heavy atom. The molecule has 0 atom stereocenters. The van der Waals surface area contributed by atoms with E-state index in [0.29, 0.717) is 16.8 Å². The summed E-state index contributed by atoms with van der Waals surface area (Å²) >= 11 is 0. The average Bonchev–Trinajstić information content (AvgIpc) is 2.84. The molecule has 2 rings (SSSR count). The Kier molecular flexibility index (Phi) is 6.34. The van der Waals surface area contributed by atoms with Gasteiger partial charge in [-0.2, -0.15) is 13.5 Å². The van der Waals surface area contributed by atoms with Crippen LogP contribution in [-0.4, -0.2) is 44.9 Å². The van der Waals surface area contributed by atoms with Crippen molar-refractivity contribution in [2.45, 2.75) is 39.5 Å². The predicted molar refractivity (Wildman–Crippen MR) is 115 cm³/mol. The summed E-state index contributed by atoms with van der Waals surface area (Å²) in [6.45, 7) is 8.77. The fourth-order valence-electron chi connectivity index (χ4n) is 3.23. The topological polar surface area (TPSA) is 112 Å². The molecule has 1 aromatic heterocycles. The summed E-state index contributed by atoms with van der Waals surface area (Å²) in [5.74, 6) is -0.688. The Labute approximate surface area is 177 Å². The van der Waals surface area contributed by atoms with Gasteiger partial charge in [-0.15, -0.1) is 0 Å². The zero-order valence-corrected chi connectivity index (χ0v) is 19.9. The SMILES string of the molecule is CC(C)=C(C)c1c(S(C)(=O)=O)ccc(C(=O)c2c(C)nn(C)c2OS(C)(=O)=O)c1C. The van der Waals surface area contributed by atoms with Gasteiger partial charge in [-0.25, -0.2) is 13.1 Å². The quantitative estimate of drug-likeness (QED) is 0.487. The molecule has 2 aromatic rings. The fraction of sp³-hybridized carbons (Fsp3) is 0.400. The molecule has 0 aliphatic rings. The van der Waals surface area contributed by atoms with E-state index in [4.69, 9.17) is 4.18 Å². The molecule has 10 heteroatoms. The molecule has 0 saturated carbocycles. The second-order valence-electron chi connectivity index (χ2n) is 7.51. The highest BCUT2D eigenvalue weighted by Crippen LogP contribution is 2.34. The molecular formula is C20H26N2O6S2. The Morgan fingerprint density at radius 3 is 2.03 bits per heavy atom. The van der Waals surface area contributed by atoms with E-state index in [2.05, 4.69) is 5.10 Å². The van der Waals surface area contributed by atoms with Crippen molar-refractivity contribution in [1.29, 1.82) is 0 Å². The van der Waals surface area contributed by atoms with Crippen molar-refractivity contribution in [3.05, 3.63) is 45.7 Å². The largest absolute Gasteiger partial charge is 0.361 e. The fourth-order valence-corrected chi connectivity index (χ4v) is 4.70. The number of aromatic nitrogens is 2. The summed E-state index contributed by atoms with van der Waals surface area (Å²) in [5, 5.41) is 4.12. The van der Waals surface area contributed by atoms with Crippen molar-refractivity contribution in [2.75, 3.05) is 12.5 Å². The van der Waals surface area contributed by atoms with Crippen LogP contribution in [0.1, 0.15) is 53.5 Å². The van der Waals surface area contributed by atoms with E-state index in [1.165, 1.54) is 23.9 Å². The van der Waals surface area contributed by atoms with Crippen LogP contribution < -0.4 is 4.18 Å². The van der Waals surface area contributed by atoms with Crippen LogP contribution in [0.4, 0.5) is 0 Å². The number of carbonyl (C=O) groups excluding carboxylic acids is 1. The lowest BCUT2D eigenvalue weighted by atomic mass is 9.91. The van der Waals surface area contributed by atoms with Gasteiger partial charge in [-0.3, -0.25) is 4.79 Å². The van der Waals surface area contributed by atoms with Gasteiger partial charge < -0.3 is 4.18 Å². The van der Waals surface area contributed by atoms with Gasteiger partial charge in [0.05, 0.1) is 16.8 Å². The molecule has 0 unspecified atom stereocenters. The minimum absolute atomic E-state index is 0.0129. The normalized spacial score (nSPS) is 12.0. The van der Waals surface area contributed by atoms with Crippen molar-refractivity contribution in [2.24, 2.45) is 7.05 Å². The van der Waals surface area contributed by atoms with Gasteiger partial charge in [-0.1, -0.05) is 5.57 Å². The molecule has 0 radical (unpaired) electrons. The van der Waals surface area contributed by atoms with Gasteiger partial charge >= 0.3 is 10.1 Å². The van der Waals surface area contributed by atoms with Gasteiger partial charge in [0.25, 0.3) is 0 Å². The molecule has 0 fully saturated rings. The highest BCUT2D eigenvalue weighted by molar-refractivity contribution is 7.90. The van der Waals surface area contributed by atoms with Crippen LogP contribution in [0.2, 0.25) is 0 Å². The molecule has 164 valence electrons. The Morgan fingerprint density at radius 2 is 1.57 bits per heavy atom. The van der Waals surface area contributed by atoms with Crippen molar-refractivity contribution < 1.29 is 25.8 Å². The second kappa shape index (κ2) is 7.99. The molecule has 0 bridgehead atoms. The lowest BCUT2D eigenvalue weighted by molar-refractivity contribution is 0.103. The number of ketones is 1. The van der Waals surface area contributed by atoms with E-state index in [1.807, 2.05) is 13.8 Å². The van der Waals surface area contributed by atoms with Crippen LogP contribution in [0.5, 0.6) is 5.88 Å². The first kappa shape index (κ1) is 23.8. The number of hydrogen-bond donors (Lipinski definition) is 0. The summed E-state index contributed by atoms with van der Waals surface area (Å²) < 4.78 is 54.2. The number of benzene rings is 1. The number of rotatable bonds is 6. The molecule has 1 heterocycles. The first-order valence-corrected chi connectivity index (χ1v) is 12.7. The van der Waals surface area contributed by atoms with Gasteiger partial charge in [0, 0.05) is 18.9 Å². The van der Waals surface area contributed by atoms with Crippen LogP contribution >= 0.6 is 0 Å². The third kappa shape index (κ3) is 4.65. The minimum Gasteiger partial charge on any atom is -0.361 e. The third-order valence-corrected chi connectivity index (χ3v) is 6.42. The summed E-state index contributed by atoms with van der Waals surface area (Å²) in [6, 6.07) is 2.84. The minimum atomic E-state index is -3.89. The first-order chi connectivity index (χ1) is 13.6. The van der Waals surface area contributed by atoms with E-state index in [9.17, 15) is 21.6 Å².